The summed E-state index contributed by atoms with van der Waals surface area (Å²) >= 11 is 0. The second kappa shape index (κ2) is 9.13. The van der Waals surface area contributed by atoms with Crippen molar-refractivity contribution < 1.29 is 14.3 Å². The monoisotopic (exact) mass is 422 g/mol. The van der Waals surface area contributed by atoms with Crippen molar-refractivity contribution >= 4 is 22.6 Å². The minimum absolute atomic E-state index is 0.324. The number of ether oxygens (including phenoxy) is 2. The van der Waals surface area contributed by atoms with Crippen molar-refractivity contribution in [3.63, 3.8) is 0 Å². The van der Waals surface area contributed by atoms with Crippen molar-refractivity contribution in [2.75, 3.05) is 46.2 Å². The molecule has 0 unspecified atom stereocenters. The van der Waals surface area contributed by atoms with E-state index < -0.39 is 5.91 Å². The highest BCUT2D eigenvalue weighted by Crippen LogP contribution is 2.37. The number of pyridine rings is 1. The van der Waals surface area contributed by atoms with Crippen molar-refractivity contribution in [1.29, 1.82) is 0 Å². The molecule has 0 radical (unpaired) electrons. The largest absolute Gasteiger partial charge is 0.491 e. The van der Waals surface area contributed by atoms with E-state index >= 15 is 0 Å². The van der Waals surface area contributed by atoms with E-state index in [1.165, 1.54) is 6.20 Å². The molecule has 0 aliphatic carbocycles. The van der Waals surface area contributed by atoms with E-state index in [-0.39, 0.29) is 0 Å². The number of hydrogen-bond donors (Lipinski definition) is 1. The molecular formula is C22H26N6O3. The molecule has 0 saturated heterocycles. The van der Waals surface area contributed by atoms with E-state index in [2.05, 4.69) is 20.2 Å². The lowest BCUT2D eigenvalue weighted by atomic mass is 10.2. The highest BCUT2D eigenvalue weighted by molar-refractivity contribution is 5.96. The lowest BCUT2D eigenvalue weighted by Gasteiger charge is -2.15. The van der Waals surface area contributed by atoms with E-state index in [0.29, 0.717) is 41.3 Å². The van der Waals surface area contributed by atoms with E-state index in [9.17, 15) is 4.79 Å². The van der Waals surface area contributed by atoms with Crippen LogP contribution in [0.25, 0.3) is 10.9 Å². The lowest BCUT2D eigenvalue weighted by molar-refractivity contribution is 0.0996. The van der Waals surface area contributed by atoms with Crippen LogP contribution in [0.15, 0.2) is 41.7 Å². The van der Waals surface area contributed by atoms with Crippen LogP contribution >= 0.6 is 0 Å². The Kier molecular flexibility index (Phi) is 6.13. The molecule has 4 rings (SSSR count). The molecule has 0 atom stereocenters. The van der Waals surface area contributed by atoms with Crippen LogP contribution in [-0.2, 0) is 6.54 Å². The number of nitrogens with zero attached hydrogens (tertiary/aromatic N) is 5. The normalized spacial score (nSPS) is 13.4. The van der Waals surface area contributed by atoms with Crippen molar-refractivity contribution in [2.45, 2.75) is 13.0 Å². The molecule has 2 aromatic heterocycles. The highest BCUT2D eigenvalue weighted by Gasteiger charge is 2.20. The maximum absolute atomic E-state index is 12.7. The number of benzene rings is 1. The zero-order valence-electron chi connectivity index (χ0n) is 18.0. The molecule has 3 aromatic rings. The van der Waals surface area contributed by atoms with E-state index in [4.69, 9.17) is 14.5 Å². The Balaban J connectivity index is 1.77. The SMILES string of the molecule is COc1c(OCCCN(C)C)ccc2c3n(c(=NC(=O)c4cccnc4)nc12)CCN3. The first-order valence-electron chi connectivity index (χ1n) is 10.2. The van der Waals surface area contributed by atoms with Gasteiger partial charge in [-0.3, -0.25) is 14.3 Å². The lowest BCUT2D eigenvalue weighted by Crippen LogP contribution is -2.25. The molecule has 0 spiro atoms. The maximum atomic E-state index is 12.7. The fourth-order valence-electron chi connectivity index (χ4n) is 3.55. The van der Waals surface area contributed by atoms with Gasteiger partial charge in [0.1, 0.15) is 11.3 Å². The third kappa shape index (κ3) is 4.36. The van der Waals surface area contributed by atoms with Gasteiger partial charge in [-0.15, -0.1) is 0 Å². The van der Waals surface area contributed by atoms with Crippen LogP contribution in [0.1, 0.15) is 16.8 Å². The Bertz CT molecular complexity index is 1160. The van der Waals surface area contributed by atoms with Gasteiger partial charge in [0.2, 0.25) is 5.62 Å². The van der Waals surface area contributed by atoms with Crippen LogP contribution in [0.2, 0.25) is 0 Å². The van der Waals surface area contributed by atoms with Crippen molar-refractivity contribution in [3.8, 4) is 11.5 Å². The van der Waals surface area contributed by atoms with Gasteiger partial charge in [-0.05, 0) is 44.8 Å². The van der Waals surface area contributed by atoms with Crippen LogP contribution in [0, 0.1) is 0 Å². The van der Waals surface area contributed by atoms with E-state index in [0.717, 1.165) is 30.7 Å². The molecule has 0 saturated carbocycles. The van der Waals surface area contributed by atoms with Gasteiger partial charge in [-0.25, -0.2) is 4.98 Å². The number of fused-ring (bicyclic) bond motifs is 3. The first kappa shape index (κ1) is 20.8. The molecule has 0 fully saturated rings. The fourth-order valence-corrected chi connectivity index (χ4v) is 3.55. The van der Waals surface area contributed by atoms with Crippen LogP contribution in [0.4, 0.5) is 5.82 Å². The number of hydrogen-bond acceptors (Lipinski definition) is 7. The zero-order chi connectivity index (χ0) is 21.8. The molecule has 9 heteroatoms. The van der Waals surface area contributed by atoms with Crippen molar-refractivity contribution in [2.24, 2.45) is 4.99 Å². The third-order valence-corrected chi connectivity index (χ3v) is 5.02. The molecule has 162 valence electrons. The number of anilines is 1. The van der Waals surface area contributed by atoms with Crippen molar-refractivity contribution in [3.05, 3.63) is 47.8 Å². The molecule has 0 bridgehead atoms. The van der Waals surface area contributed by atoms with Crippen LogP contribution < -0.4 is 20.4 Å². The third-order valence-electron chi connectivity index (χ3n) is 5.02. The van der Waals surface area contributed by atoms with Gasteiger partial charge >= 0.3 is 0 Å². The smallest absolute Gasteiger partial charge is 0.281 e. The van der Waals surface area contributed by atoms with Crippen LogP contribution in [-0.4, -0.2) is 66.2 Å². The Labute approximate surface area is 180 Å². The summed E-state index contributed by atoms with van der Waals surface area (Å²) in [4.78, 5) is 27.8. The molecule has 1 aliphatic rings. The predicted octanol–water partition coefficient (Wildman–Crippen LogP) is 1.94. The second-order valence-electron chi connectivity index (χ2n) is 7.50. The Hall–Kier alpha value is -3.46. The summed E-state index contributed by atoms with van der Waals surface area (Å²) in [5.74, 6) is 1.62. The number of methoxy groups -OCH3 is 1. The quantitative estimate of drug-likeness (QED) is 0.582. The average Bonchev–Trinajstić information content (AvgIpc) is 3.27. The van der Waals surface area contributed by atoms with Gasteiger partial charge in [-0.1, -0.05) is 0 Å². The molecule has 1 N–H and O–H groups in total. The minimum atomic E-state index is -0.392. The standard InChI is InChI=1S/C22H26N6O3/c1-27(2)11-5-13-31-17-8-7-16-18(19(17)30-3)25-22(28-12-10-24-20(16)28)26-21(29)15-6-4-9-23-14-15/h4,6-9,14,24H,5,10-13H2,1-3H3. The second-order valence-corrected chi connectivity index (χ2v) is 7.50. The molecular weight excluding hydrogens is 396 g/mol. The first-order chi connectivity index (χ1) is 15.1. The Morgan fingerprint density at radius 1 is 1.32 bits per heavy atom. The summed E-state index contributed by atoms with van der Waals surface area (Å²) in [6, 6.07) is 7.25. The fraction of sp³-hybridized carbons (Fsp3) is 0.364. The zero-order valence-corrected chi connectivity index (χ0v) is 18.0. The summed E-state index contributed by atoms with van der Waals surface area (Å²) in [6.45, 7) is 2.90. The molecule has 3 heterocycles. The summed E-state index contributed by atoms with van der Waals surface area (Å²) in [5.41, 5.74) is 1.34. The Morgan fingerprint density at radius 3 is 2.94 bits per heavy atom. The molecule has 1 amide bonds. The summed E-state index contributed by atoms with van der Waals surface area (Å²) in [5, 5.41) is 4.26. The predicted molar refractivity (Wildman–Crippen MR) is 118 cm³/mol. The van der Waals surface area contributed by atoms with Gasteiger partial charge in [0, 0.05) is 37.4 Å². The number of rotatable bonds is 7. The maximum Gasteiger partial charge on any atom is 0.281 e. The molecule has 1 aliphatic heterocycles. The first-order valence-corrected chi connectivity index (χ1v) is 10.2. The van der Waals surface area contributed by atoms with E-state index in [1.54, 1.807) is 25.4 Å². The highest BCUT2D eigenvalue weighted by atomic mass is 16.5. The summed E-state index contributed by atoms with van der Waals surface area (Å²) in [6.07, 6.45) is 4.01. The minimum Gasteiger partial charge on any atom is -0.491 e. The van der Waals surface area contributed by atoms with Gasteiger partial charge in [0.05, 0.1) is 19.3 Å². The molecule has 31 heavy (non-hydrogen) atoms. The number of amides is 1. The number of carbonyl (C=O) groups excluding carboxylic acids is 1. The van der Waals surface area contributed by atoms with Crippen LogP contribution in [0.5, 0.6) is 11.5 Å². The molecule has 9 nitrogen and oxygen atoms in total. The number of nitrogens with one attached hydrogen (secondary N) is 1. The number of aromatic nitrogens is 3. The summed E-state index contributed by atoms with van der Waals surface area (Å²) < 4.78 is 13.6. The van der Waals surface area contributed by atoms with Gasteiger partial charge in [0.15, 0.2) is 11.5 Å². The molecule has 1 aromatic carbocycles. The topological polar surface area (TPSA) is 93.9 Å². The van der Waals surface area contributed by atoms with Gasteiger partial charge < -0.3 is 19.7 Å². The van der Waals surface area contributed by atoms with Gasteiger partial charge in [-0.2, -0.15) is 4.99 Å². The van der Waals surface area contributed by atoms with Crippen LogP contribution in [0.3, 0.4) is 0 Å². The number of carbonyl (C=O) groups is 1. The van der Waals surface area contributed by atoms with E-state index in [1.807, 2.05) is 30.8 Å². The van der Waals surface area contributed by atoms with Gasteiger partial charge in [0.25, 0.3) is 5.91 Å². The Morgan fingerprint density at radius 2 is 2.19 bits per heavy atom. The summed E-state index contributed by atoms with van der Waals surface area (Å²) in [7, 11) is 5.65. The average molecular weight is 422 g/mol. The van der Waals surface area contributed by atoms with Crippen molar-refractivity contribution in [1.82, 2.24) is 19.4 Å².